The van der Waals surface area contributed by atoms with E-state index in [1.807, 2.05) is 24.3 Å². The molecule has 1 aromatic rings. The maximum absolute atomic E-state index is 13.4. The van der Waals surface area contributed by atoms with Gasteiger partial charge in [0.15, 0.2) is 5.78 Å². The summed E-state index contributed by atoms with van der Waals surface area (Å²) in [6.45, 7) is 18.1. The van der Waals surface area contributed by atoms with E-state index in [4.69, 9.17) is 9.47 Å². The highest BCUT2D eigenvalue weighted by molar-refractivity contribution is 6.03. The van der Waals surface area contributed by atoms with E-state index < -0.39 is 52.3 Å². The van der Waals surface area contributed by atoms with Crippen molar-refractivity contribution in [1.29, 1.82) is 0 Å². The van der Waals surface area contributed by atoms with Crippen LogP contribution in [0.2, 0.25) is 0 Å². The van der Waals surface area contributed by atoms with Crippen LogP contribution in [0.4, 0.5) is 0 Å². The number of carbonyl (C=O) groups is 3. The predicted molar refractivity (Wildman–Crippen MR) is 127 cm³/mol. The fraction of sp³-hybridized carbons (Fsp3) is 0.667. The van der Waals surface area contributed by atoms with Crippen LogP contribution in [0.15, 0.2) is 24.3 Å². The first-order valence-electron chi connectivity index (χ1n) is 11.5. The largest absolute Gasteiger partial charge is 0.460 e. The van der Waals surface area contributed by atoms with Crippen molar-refractivity contribution in [2.45, 2.75) is 104 Å². The Hall–Kier alpha value is -2.21. The fourth-order valence-corrected chi connectivity index (χ4v) is 4.35. The highest BCUT2D eigenvalue weighted by Gasteiger charge is 2.57. The first-order valence-corrected chi connectivity index (χ1v) is 11.5. The van der Waals surface area contributed by atoms with E-state index in [2.05, 4.69) is 20.8 Å². The summed E-state index contributed by atoms with van der Waals surface area (Å²) in [6.07, 6.45) is -0.336. The van der Waals surface area contributed by atoms with Gasteiger partial charge in [0.25, 0.3) is 0 Å². The van der Waals surface area contributed by atoms with Gasteiger partial charge in [-0.2, -0.15) is 0 Å². The van der Waals surface area contributed by atoms with Crippen molar-refractivity contribution in [2.24, 2.45) is 11.8 Å². The number of benzene rings is 1. The minimum absolute atomic E-state index is 0.0957. The zero-order valence-electron chi connectivity index (χ0n) is 21.7. The summed E-state index contributed by atoms with van der Waals surface area (Å²) in [5.74, 6) is -5.03. The number of hydrogen-bond donors (Lipinski definition) is 1. The molecule has 1 aromatic carbocycles. The molecule has 0 heterocycles. The monoisotopic (exact) mass is 460 g/mol. The SMILES string of the molecule is CC(C)(C)OC(=O)[C@@H]1C(=O)C[C@@](C)(O)[C@H](C(=O)OC(C)(C)C)[C@@H]1c1ccc(C(C)(C)C)cc1. The summed E-state index contributed by atoms with van der Waals surface area (Å²) in [4.78, 5) is 39.8. The molecule has 0 amide bonds. The highest BCUT2D eigenvalue weighted by atomic mass is 16.6. The van der Waals surface area contributed by atoms with E-state index in [1.165, 1.54) is 6.92 Å². The van der Waals surface area contributed by atoms with Crippen LogP contribution in [0.1, 0.15) is 92.7 Å². The van der Waals surface area contributed by atoms with Crippen molar-refractivity contribution in [3.05, 3.63) is 35.4 Å². The van der Waals surface area contributed by atoms with Gasteiger partial charge in [-0.25, -0.2) is 0 Å². The fourth-order valence-electron chi connectivity index (χ4n) is 4.35. The van der Waals surface area contributed by atoms with Gasteiger partial charge in [-0.05, 0) is 65.0 Å². The van der Waals surface area contributed by atoms with Gasteiger partial charge in [-0.1, -0.05) is 45.0 Å². The molecular formula is C27H40O6. The van der Waals surface area contributed by atoms with Gasteiger partial charge in [0.2, 0.25) is 0 Å². The van der Waals surface area contributed by atoms with E-state index in [-0.39, 0.29) is 11.8 Å². The number of ketones is 1. The lowest BCUT2D eigenvalue weighted by Crippen LogP contribution is -2.56. The van der Waals surface area contributed by atoms with E-state index in [0.717, 1.165) is 5.56 Å². The summed E-state index contributed by atoms with van der Waals surface area (Å²) >= 11 is 0. The highest BCUT2D eigenvalue weighted by Crippen LogP contribution is 2.47. The van der Waals surface area contributed by atoms with Crippen LogP contribution in [0.5, 0.6) is 0 Å². The Balaban J connectivity index is 2.66. The molecule has 0 spiro atoms. The normalized spacial score (nSPS) is 26.6. The van der Waals surface area contributed by atoms with Gasteiger partial charge < -0.3 is 14.6 Å². The number of aliphatic hydroxyl groups is 1. The first-order chi connectivity index (χ1) is 14.7. The third-order valence-electron chi connectivity index (χ3n) is 5.75. The molecule has 0 radical (unpaired) electrons. The van der Waals surface area contributed by atoms with Crippen molar-refractivity contribution in [1.82, 2.24) is 0 Å². The molecule has 0 saturated heterocycles. The number of esters is 2. The molecule has 184 valence electrons. The number of Topliss-reactive ketones (excluding diaryl/α,β-unsaturated/α-hetero) is 1. The summed E-state index contributed by atoms with van der Waals surface area (Å²) in [5.41, 5.74) is -1.69. The van der Waals surface area contributed by atoms with E-state index >= 15 is 0 Å². The quantitative estimate of drug-likeness (QED) is 0.519. The van der Waals surface area contributed by atoms with Gasteiger partial charge in [0.1, 0.15) is 17.1 Å². The summed E-state index contributed by atoms with van der Waals surface area (Å²) in [7, 11) is 0. The van der Waals surface area contributed by atoms with E-state index in [0.29, 0.717) is 5.56 Å². The molecule has 0 bridgehead atoms. The number of hydrogen-bond acceptors (Lipinski definition) is 6. The zero-order chi connectivity index (χ0) is 25.6. The summed E-state index contributed by atoms with van der Waals surface area (Å²) in [6, 6.07) is 7.52. The molecule has 6 nitrogen and oxygen atoms in total. The molecule has 6 heteroatoms. The van der Waals surface area contributed by atoms with Crippen molar-refractivity contribution in [3.8, 4) is 0 Å². The average Bonchev–Trinajstić information content (AvgIpc) is 2.56. The molecule has 1 saturated carbocycles. The Morgan fingerprint density at radius 1 is 0.879 bits per heavy atom. The number of ether oxygens (including phenoxy) is 2. The standard InChI is InChI=1S/C27H40O6/c1-24(2,3)17-13-11-16(12-14-17)19-20(22(29)32-25(4,5)6)18(28)15-27(10,31)21(19)23(30)33-26(7,8)9/h11-14,19-21,31H,15H2,1-10H3/t19-,20-,21+,27-/m1/s1. The second-order valence-corrected chi connectivity index (χ2v) is 12.4. The van der Waals surface area contributed by atoms with Crippen molar-refractivity contribution < 1.29 is 29.0 Å². The molecule has 0 unspecified atom stereocenters. The number of rotatable bonds is 3. The maximum atomic E-state index is 13.4. The smallest absolute Gasteiger partial charge is 0.317 e. The second kappa shape index (κ2) is 8.86. The third kappa shape index (κ3) is 6.66. The van der Waals surface area contributed by atoms with Crippen LogP contribution in [0.25, 0.3) is 0 Å². The molecule has 2 rings (SSSR count). The molecule has 1 N–H and O–H groups in total. The third-order valence-corrected chi connectivity index (χ3v) is 5.75. The van der Waals surface area contributed by atoms with Crippen LogP contribution in [-0.2, 0) is 29.3 Å². The molecule has 0 aromatic heterocycles. The second-order valence-electron chi connectivity index (χ2n) is 12.4. The van der Waals surface area contributed by atoms with Gasteiger partial charge in [-0.3, -0.25) is 14.4 Å². The number of carbonyl (C=O) groups excluding carboxylic acids is 3. The molecule has 1 aliphatic rings. The zero-order valence-corrected chi connectivity index (χ0v) is 21.7. The summed E-state index contributed by atoms with van der Waals surface area (Å²) in [5, 5.41) is 11.2. The minimum atomic E-state index is -1.68. The van der Waals surface area contributed by atoms with Crippen molar-refractivity contribution in [3.63, 3.8) is 0 Å². The maximum Gasteiger partial charge on any atom is 0.317 e. The Labute approximate surface area is 198 Å². The average molecular weight is 461 g/mol. The van der Waals surface area contributed by atoms with E-state index in [1.54, 1.807) is 41.5 Å². The van der Waals surface area contributed by atoms with E-state index in [9.17, 15) is 19.5 Å². The molecule has 4 atom stereocenters. The van der Waals surface area contributed by atoms with Crippen LogP contribution in [0.3, 0.4) is 0 Å². The molecular weight excluding hydrogens is 420 g/mol. The molecule has 0 aliphatic heterocycles. The Kier molecular flexibility index (Phi) is 7.26. The Morgan fingerprint density at radius 2 is 1.33 bits per heavy atom. The Bertz CT molecular complexity index is 891. The van der Waals surface area contributed by atoms with Gasteiger partial charge in [0.05, 0.1) is 11.5 Å². The van der Waals surface area contributed by atoms with Crippen LogP contribution in [0, 0.1) is 11.8 Å². The molecule has 33 heavy (non-hydrogen) atoms. The van der Waals surface area contributed by atoms with Gasteiger partial charge in [0, 0.05) is 12.3 Å². The lowest BCUT2D eigenvalue weighted by atomic mass is 9.61. The predicted octanol–water partition coefficient (Wildman–Crippen LogP) is 4.71. The van der Waals surface area contributed by atoms with Gasteiger partial charge in [-0.15, -0.1) is 0 Å². The Morgan fingerprint density at radius 3 is 1.76 bits per heavy atom. The van der Waals surface area contributed by atoms with Crippen molar-refractivity contribution in [2.75, 3.05) is 0 Å². The topological polar surface area (TPSA) is 89.9 Å². The van der Waals surface area contributed by atoms with Crippen LogP contribution >= 0.6 is 0 Å². The minimum Gasteiger partial charge on any atom is -0.460 e. The van der Waals surface area contributed by atoms with Crippen LogP contribution < -0.4 is 0 Å². The lowest BCUT2D eigenvalue weighted by Gasteiger charge is -2.44. The summed E-state index contributed by atoms with van der Waals surface area (Å²) < 4.78 is 11.2. The van der Waals surface area contributed by atoms with Crippen LogP contribution in [-0.4, -0.2) is 39.6 Å². The molecule has 1 aliphatic carbocycles. The first kappa shape index (κ1) is 27.0. The van der Waals surface area contributed by atoms with Crippen molar-refractivity contribution >= 4 is 17.7 Å². The lowest BCUT2D eigenvalue weighted by molar-refractivity contribution is -0.182. The van der Waals surface area contributed by atoms with Gasteiger partial charge >= 0.3 is 11.9 Å². The molecule has 1 fully saturated rings.